The van der Waals surface area contributed by atoms with Gasteiger partial charge in [0.2, 0.25) is 9.84 Å². The molecule has 2 aromatic heterocycles. The molecule has 0 saturated carbocycles. The van der Waals surface area contributed by atoms with Crippen molar-refractivity contribution < 1.29 is 8.42 Å². The van der Waals surface area contributed by atoms with E-state index >= 15 is 0 Å². The molecule has 0 aliphatic carbocycles. The number of anilines is 1. The van der Waals surface area contributed by atoms with Gasteiger partial charge < -0.3 is 5.73 Å². The second kappa shape index (κ2) is 5.45. The summed E-state index contributed by atoms with van der Waals surface area (Å²) in [4.78, 5) is 4.27. The highest BCUT2D eigenvalue weighted by Crippen LogP contribution is 2.33. The quantitative estimate of drug-likeness (QED) is 0.574. The Bertz CT molecular complexity index is 955. The van der Waals surface area contributed by atoms with Crippen LogP contribution in [0.3, 0.4) is 0 Å². The molecule has 0 atom stereocenters. The Morgan fingerprint density at radius 3 is 2.59 bits per heavy atom. The summed E-state index contributed by atoms with van der Waals surface area (Å²) < 4.78 is 27.1. The Kier molecular flexibility index (Phi) is 3.75. The zero-order valence-corrected chi connectivity index (χ0v) is 13.8. The number of benzene rings is 1. The number of sulfone groups is 1. The van der Waals surface area contributed by atoms with Crippen LogP contribution in [0.1, 0.15) is 0 Å². The average molecular weight is 355 g/mol. The lowest BCUT2D eigenvalue weighted by Gasteiger charge is -2.04. The summed E-state index contributed by atoms with van der Waals surface area (Å²) in [6.07, 6.45) is 1.74. The molecule has 1 aromatic carbocycles. The molecule has 0 amide bonds. The van der Waals surface area contributed by atoms with E-state index in [1.54, 1.807) is 24.5 Å². The van der Waals surface area contributed by atoms with Crippen molar-refractivity contribution in [2.45, 2.75) is 14.8 Å². The number of thioether (sulfide) groups is 1. The molecule has 22 heavy (non-hydrogen) atoms. The standard InChI is InChI=1S/C13H11ClN4O2S2/c1-21-13-11(22(19,20)8-5-3-2-4-6-8)12-16-9(14)7-10(15)18(12)17-13/h2-7H,15H2,1H3. The molecule has 0 unspecified atom stereocenters. The van der Waals surface area contributed by atoms with Gasteiger partial charge in [0.1, 0.15) is 16.0 Å². The molecule has 2 N–H and O–H groups in total. The average Bonchev–Trinajstić information content (AvgIpc) is 2.87. The van der Waals surface area contributed by atoms with Gasteiger partial charge in [-0.15, -0.1) is 11.8 Å². The van der Waals surface area contributed by atoms with E-state index in [1.807, 2.05) is 0 Å². The monoisotopic (exact) mass is 354 g/mol. The number of nitrogens with zero attached hydrogens (tertiary/aromatic N) is 3. The van der Waals surface area contributed by atoms with Crippen molar-refractivity contribution in [2.75, 3.05) is 12.0 Å². The SMILES string of the molecule is CSc1nn2c(N)cc(Cl)nc2c1S(=O)(=O)c1ccccc1. The van der Waals surface area contributed by atoms with E-state index in [9.17, 15) is 8.42 Å². The number of hydrogen-bond donors (Lipinski definition) is 1. The molecule has 0 bridgehead atoms. The van der Waals surface area contributed by atoms with Crippen LogP contribution in [-0.4, -0.2) is 29.3 Å². The fourth-order valence-corrected chi connectivity index (χ4v) is 4.66. The van der Waals surface area contributed by atoms with Gasteiger partial charge >= 0.3 is 0 Å². The van der Waals surface area contributed by atoms with Crippen molar-refractivity contribution >= 4 is 44.7 Å². The predicted molar refractivity (Wildman–Crippen MR) is 86.1 cm³/mol. The lowest BCUT2D eigenvalue weighted by Crippen LogP contribution is -2.05. The summed E-state index contributed by atoms with van der Waals surface area (Å²) >= 11 is 7.12. The predicted octanol–water partition coefficient (Wildman–Crippen LogP) is 2.52. The Labute approximate surface area is 136 Å². The van der Waals surface area contributed by atoms with Crippen LogP contribution in [0.4, 0.5) is 5.82 Å². The van der Waals surface area contributed by atoms with Gasteiger partial charge in [-0.1, -0.05) is 29.8 Å². The van der Waals surface area contributed by atoms with E-state index in [0.29, 0.717) is 5.03 Å². The third-order valence-corrected chi connectivity index (χ3v) is 5.83. The van der Waals surface area contributed by atoms with Gasteiger partial charge in [0.15, 0.2) is 10.5 Å². The minimum absolute atomic E-state index is 0.0143. The van der Waals surface area contributed by atoms with Crippen molar-refractivity contribution in [2.24, 2.45) is 0 Å². The minimum atomic E-state index is -3.78. The van der Waals surface area contributed by atoms with Gasteiger partial charge in [0.25, 0.3) is 0 Å². The second-order valence-corrected chi connectivity index (χ2v) is 7.46. The van der Waals surface area contributed by atoms with Gasteiger partial charge in [-0.05, 0) is 18.4 Å². The first kappa shape index (κ1) is 15.1. The summed E-state index contributed by atoms with van der Waals surface area (Å²) in [6, 6.07) is 9.54. The van der Waals surface area contributed by atoms with E-state index in [0.717, 1.165) is 0 Å². The number of hydrogen-bond acceptors (Lipinski definition) is 6. The fraction of sp³-hybridized carbons (Fsp3) is 0.0769. The summed E-state index contributed by atoms with van der Waals surface area (Å²) in [6.45, 7) is 0. The second-order valence-electron chi connectivity index (χ2n) is 4.39. The van der Waals surface area contributed by atoms with E-state index in [4.69, 9.17) is 17.3 Å². The van der Waals surface area contributed by atoms with E-state index in [2.05, 4.69) is 10.1 Å². The highest BCUT2D eigenvalue weighted by atomic mass is 35.5. The molecule has 0 aliphatic heterocycles. The largest absolute Gasteiger partial charge is 0.383 e. The number of fused-ring (bicyclic) bond motifs is 1. The molecule has 0 fully saturated rings. The number of halogens is 1. The van der Waals surface area contributed by atoms with Gasteiger partial charge in [0.05, 0.1) is 4.90 Å². The maximum Gasteiger partial charge on any atom is 0.213 e. The molecule has 6 nitrogen and oxygen atoms in total. The fourth-order valence-electron chi connectivity index (χ4n) is 2.06. The van der Waals surface area contributed by atoms with Gasteiger partial charge in [0, 0.05) is 6.07 Å². The van der Waals surface area contributed by atoms with Crippen molar-refractivity contribution in [1.29, 1.82) is 0 Å². The highest BCUT2D eigenvalue weighted by Gasteiger charge is 2.29. The summed E-state index contributed by atoms with van der Waals surface area (Å²) in [5.41, 5.74) is 5.97. The van der Waals surface area contributed by atoms with Crippen molar-refractivity contribution in [3.05, 3.63) is 41.6 Å². The van der Waals surface area contributed by atoms with Crippen molar-refractivity contribution in [3.8, 4) is 0 Å². The molecule has 2 heterocycles. The molecule has 114 valence electrons. The molecule has 3 aromatic rings. The molecule has 9 heteroatoms. The molecular weight excluding hydrogens is 344 g/mol. The first-order valence-electron chi connectivity index (χ1n) is 6.14. The van der Waals surface area contributed by atoms with Crippen LogP contribution < -0.4 is 5.73 Å². The van der Waals surface area contributed by atoms with Crippen LogP contribution in [0.25, 0.3) is 5.65 Å². The van der Waals surface area contributed by atoms with E-state index in [1.165, 1.54) is 34.5 Å². The van der Waals surface area contributed by atoms with Gasteiger partial charge in [-0.2, -0.15) is 9.61 Å². The summed E-state index contributed by atoms with van der Waals surface area (Å²) in [7, 11) is -3.78. The Morgan fingerprint density at radius 2 is 1.95 bits per heavy atom. The maximum absolute atomic E-state index is 12.9. The Hall–Kier alpha value is -1.77. The van der Waals surface area contributed by atoms with E-state index in [-0.39, 0.29) is 26.4 Å². The number of nitrogens with two attached hydrogens (primary N) is 1. The number of nitrogen functional groups attached to an aromatic ring is 1. The highest BCUT2D eigenvalue weighted by molar-refractivity contribution is 7.99. The van der Waals surface area contributed by atoms with Gasteiger partial charge in [-0.3, -0.25) is 0 Å². The molecular formula is C13H11ClN4O2S2. The third-order valence-electron chi connectivity index (χ3n) is 3.03. The molecule has 3 rings (SSSR count). The molecule has 0 aliphatic rings. The van der Waals surface area contributed by atoms with Crippen LogP contribution in [-0.2, 0) is 9.84 Å². The third kappa shape index (κ3) is 2.33. The lowest BCUT2D eigenvalue weighted by atomic mass is 10.4. The van der Waals surface area contributed by atoms with Crippen LogP contribution in [0, 0.1) is 0 Å². The van der Waals surface area contributed by atoms with E-state index < -0.39 is 9.84 Å². The summed E-state index contributed by atoms with van der Waals surface area (Å²) in [5.74, 6) is 0.222. The first-order chi connectivity index (χ1) is 10.4. The number of rotatable bonds is 3. The van der Waals surface area contributed by atoms with Crippen LogP contribution in [0.15, 0.2) is 51.2 Å². The normalized spacial score (nSPS) is 11.9. The maximum atomic E-state index is 12.9. The van der Waals surface area contributed by atoms with Crippen LogP contribution in [0.5, 0.6) is 0 Å². The Morgan fingerprint density at radius 1 is 1.27 bits per heavy atom. The van der Waals surface area contributed by atoms with Gasteiger partial charge in [-0.25, -0.2) is 13.4 Å². The topological polar surface area (TPSA) is 90.3 Å². The minimum Gasteiger partial charge on any atom is -0.383 e. The Balaban J connectivity index is 2.40. The smallest absolute Gasteiger partial charge is 0.213 e. The molecule has 0 spiro atoms. The zero-order chi connectivity index (χ0) is 15.9. The van der Waals surface area contributed by atoms with Crippen LogP contribution in [0.2, 0.25) is 5.15 Å². The molecule has 0 saturated heterocycles. The van der Waals surface area contributed by atoms with Crippen molar-refractivity contribution in [3.63, 3.8) is 0 Å². The van der Waals surface area contributed by atoms with Crippen molar-refractivity contribution in [1.82, 2.24) is 14.6 Å². The van der Waals surface area contributed by atoms with Crippen LogP contribution >= 0.6 is 23.4 Å². The number of aromatic nitrogens is 3. The summed E-state index contributed by atoms with van der Waals surface area (Å²) in [5, 5.41) is 4.66. The molecule has 0 radical (unpaired) electrons. The lowest BCUT2D eigenvalue weighted by molar-refractivity contribution is 0.594. The zero-order valence-electron chi connectivity index (χ0n) is 11.4. The first-order valence-corrected chi connectivity index (χ1v) is 9.22.